The summed E-state index contributed by atoms with van der Waals surface area (Å²) in [5.41, 5.74) is 2.55. The fourth-order valence-corrected chi connectivity index (χ4v) is 2.16. The van der Waals surface area contributed by atoms with E-state index in [-0.39, 0.29) is 11.9 Å². The highest BCUT2D eigenvalue weighted by Gasteiger charge is 2.28. The van der Waals surface area contributed by atoms with Crippen LogP contribution in [-0.2, 0) is 18.4 Å². The number of nitrogens with zero attached hydrogens (tertiary/aromatic N) is 3. The quantitative estimate of drug-likeness (QED) is 0.843. The molecule has 100 valence electrons. The zero-order valence-electron chi connectivity index (χ0n) is 11.6. The summed E-state index contributed by atoms with van der Waals surface area (Å²) in [5, 5.41) is 7.60. The van der Waals surface area contributed by atoms with Crippen LogP contribution >= 0.6 is 0 Å². The van der Waals surface area contributed by atoms with Crippen LogP contribution < -0.4 is 5.32 Å². The molecule has 1 aromatic heterocycles. The van der Waals surface area contributed by atoms with Crippen molar-refractivity contribution in [2.75, 3.05) is 14.1 Å². The fourth-order valence-electron chi connectivity index (χ4n) is 2.16. The predicted molar refractivity (Wildman–Crippen MR) is 70.2 cm³/mol. The number of aryl methyl sites for hydroxylation is 1. The minimum Gasteiger partial charge on any atom is -0.347 e. The third-order valence-electron chi connectivity index (χ3n) is 3.50. The van der Waals surface area contributed by atoms with E-state index in [1.807, 2.05) is 24.9 Å². The summed E-state index contributed by atoms with van der Waals surface area (Å²) >= 11 is 0. The Morgan fingerprint density at radius 1 is 1.61 bits per heavy atom. The zero-order chi connectivity index (χ0) is 13.3. The molecular weight excluding hydrogens is 228 g/mol. The topological polar surface area (TPSA) is 50.2 Å². The number of carbonyl (C=O) groups is 1. The SMILES string of the molecule is C[C@H](NCc1c(C2CC2)cnn1C)C(=O)N(C)C. The van der Waals surface area contributed by atoms with Crippen LogP contribution in [0.1, 0.15) is 36.9 Å². The van der Waals surface area contributed by atoms with Crippen molar-refractivity contribution in [1.29, 1.82) is 0 Å². The van der Waals surface area contributed by atoms with E-state index in [0.717, 1.165) is 0 Å². The molecule has 0 aliphatic heterocycles. The van der Waals surface area contributed by atoms with Crippen molar-refractivity contribution in [2.45, 2.75) is 38.3 Å². The molecule has 1 N–H and O–H groups in total. The Bertz CT molecular complexity index is 434. The third-order valence-corrected chi connectivity index (χ3v) is 3.50. The number of aromatic nitrogens is 2. The molecule has 1 aromatic rings. The second-order valence-corrected chi connectivity index (χ2v) is 5.28. The van der Waals surface area contributed by atoms with Gasteiger partial charge < -0.3 is 10.2 Å². The molecule has 0 bridgehead atoms. The number of likely N-dealkylation sites (N-methyl/N-ethyl adjacent to an activating group) is 1. The van der Waals surface area contributed by atoms with Gasteiger partial charge in [-0.05, 0) is 31.2 Å². The zero-order valence-corrected chi connectivity index (χ0v) is 11.6. The average molecular weight is 250 g/mol. The van der Waals surface area contributed by atoms with E-state index in [0.29, 0.717) is 12.5 Å². The molecule has 0 unspecified atom stereocenters. The molecule has 1 amide bonds. The van der Waals surface area contributed by atoms with Crippen molar-refractivity contribution < 1.29 is 4.79 Å². The largest absolute Gasteiger partial charge is 0.347 e. The third kappa shape index (κ3) is 2.72. The molecule has 1 saturated carbocycles. The number of carbonyl (C=O) groups excluding carboxylic acids is 1. The second-order valence-electron chi connectivity index (χ2n) is 5.28. The fraction of sp³-hybridized carbons (Fsp3) is 0.692. The lowest BCUT2D eigenvalue weighted by molar-refractivity contribution is -0.130. The first kappa shape index (κ1) is 13.1. The van der Waals surface area contributed by atoms with Crippen LogP contribution in [0.15, 0.2) is 6.20 Å². The minimum atomic E-state index is -0.165. The molecular formula is C13H22N4O. The van der Waals surface area contributed by atoms with Gasteiger partial charge in [-0.3, -0.25) is 9.48 Å². The number of hydrogen-bond donors (Lipinski definition) is 1. The van der Waals surface area contributed by atoms with Gasteiger partial charge in [0.05, 0.1) is 17.9 Å². The molecule has 5 nitrogen and oxygen atoms in total. The van der Waals surface area contributed by atoms with Gasteiger partial charge in [0.1, 0.15) is 0 Å². The van der Waals surface area contributed by atoms with Crippen LogP contribution in [0.25, 0.3) is 0 Å². The summed E-state index contributed by atoms with van der Waals surface area (Å²) in [7, 11) is 5.52. The number of amides is 1. The molecule has 5 heteroatoms. The first-order valence-electron chi connectivity index (χ1n) is 6.46. The maximum atomic E-state index is 11.8. The van der Waals surface area contributed by atoms with Crippen molar-refractivity contribution in [3.05, 3.63) is 17.5 Å². The molecule has 0 aromatic carbocycles. The highest BCUT2D eigenvalue weighted by Crippen LogP contribution is 2.41. The number of hydrogen-bond acceptors (Lipinski definition) is 3. The lowest BCUT2D eigenvalue weighted by Crippen LogP contribution is -2.41. The maximum absolute atomic E-state index is 11.8. The Labute approximate surface area is 108 Å². The van der Waals surface area contributed by atoms with E-state index in [2.05, 4.69) is 10.4 Å². The van der Waals surface area contributed by atoms with Crippen LogP contribution in [0.5, 0.6) is 0 Å². The van der Waals surface area contributed by atoms with Gasteiger partial charge in [-0.1, -0.05) is 0 Å². The first-order chi connectivity index (χ1) is 8.50. The Morgan fingerprint density at radius 3 is 2.83 bits per heavy atom. The van der Waals surface area contributed by atoms with Crippen LogP contribution in [0.2, 0.25) is 0 Å². The summed E-state index contributed by atoms with van der Waals surface area (Å²) in [6.45, 7) is 2.60. The molecule has 2 rings (SSSR count). The standard InChI is InChI=1S/C13H22N4O/c1-9(13(18)16(2)3)14-8-12-11(10-5-6-10)7-15-17(12)4/h7,9-10,14H,5-6,8H2,1-4H3/t9-/m0/s1. The van der Waals surface area contributed by atoms with E-state index in [1.165, 1.54) is 24.1 Å². The highest BCUT2D eigenvalue weighted by molar-refractivity contribution is 5.80. The summed E-state index contributed by atoms with van der Waals surface area (Å²) in [5.74, 6) is 0.792. The first-order valence-corrected chi connectivity index (χ1v) is 6.46. The normalized spacial score (nSPS) is 16.7. The Morgan fingerprint density at radius 2 is 2.28 bits per heavy atom. The lowest BCUT2D eigenvalue weighted by atomic mass is 10.1. The van der Waals surface area contributed by atoms with E-state index < -0.39 is 0 Å². The van der Waals surface area contributed by atoms with E-state index >= 15 is 0 Å². The lowest BCUT2D eigenvalue weighted by Gasteiger charge is -2.18. The smallest absolute Gasteiger partial charge is 0.238 e. The molecule has 1 aliphatic rings. The summed E-state index contributed by atoms with van der Waals surface area (Å²) in [6, 6.07) is -0.165. The monoisotopic (exact) mass is 250 g/mol. The van der Waals surface area contributed by atoms with Crippen LogP contribution in [0.4, 0.5) is 0 Å². The predicted octanol–water partition coefficient (Wildman–Crippen LogP) is 0.864. The van der Waals surface area contributed by atoms with Crippen LogP contribution in [0.3, 0.4) is 0 Å². The Kier molecular flexibility index (Phi) is 3.71. The van der Waals surface area contributed by atoms with E-state index in [4.69, 9.17) is 0 Å². The molecule has 1 heterocycles. The van der Waals surface area contributed by atoms with Crippen molar-refractivity contribution in [3.63, 3.8) is 0 Å². The molecule has 0 radical (unpaired) electrons. The Balaban J connectivity index is 1.97. The van der Waals surface area contributed by atoms with Crippen LogP contribution in [0, 0.1) is 0 Å². The molecule has 1 atom stereocenters. The molecule has 18 heavy (non-hydrogen) atoms. The summed E-state index contributed by atoms with van der Waals surface area (Å²) in [6.07, 6.45) is 4.50. The number of nitrogens with one attached hydrogen (secondary N) is 1. The van der Waals surface area contributed by atoms with Crippen molar-refractivity contribution in [1.82, 2.24) is 20.0 Å². The van der Waals surface area contributed by atoms with Gasteiger partial charge in [0.2, 0.25) is 5.91 Å². The van der Waals surface area contributed by atoms with Crippen molar-refractivity contribution in [2.24, 2.45) is 7.05 Å². The molecule has 0 spiro atoms. The van der Waals surface area contributed by atoms with Gasteiger partial charge in [0.25, 0.3) is 0 Å². The second kappa shape index (κ2) is 5.10. The minimum absolute atomic E-state index is 0.102. The van der Waals surface area contributed by atoms with E-state index in [1.54, 1.807) is 19.0 Å². The molecule has 1 fully saturated rings. The van der Waals surface area contributed by atoms with Gasteiger partial charge in [-0.2, -0.15) is 5.10 Å². The van der Waals surface area contributed by atoms with Gasteiger partial charge in [-0.15, -0.1) is 0 Å². The molecule has 1 aliphatic carbocycles. The highest BCUT2D eigenvalue weighted by atomic mass is 16.2. The van der Waals surface area contributed by atoms with Crippen molar-refractivity contribution in [3.8, 4) is 0 Å². The molecule has 0 saturated heterocycles. The van der Waals surface area contributed by atoms with Gasteiger partial charge in [0, 0.05) is 27.7 Å². The maximum Gasteiger partial charge on any atom is 0.238 e. The summed E-state index contributed by atoms with van der Waals surface area (Å²) in [4.78, 5) is 13.4. The summed E-state index contributed by atoms with van der Waals surface area (Å²) < 4.78 is 1.91. The van der Waals surface area contributed by atoms with Gasteiger partial charge in [0.15, 0.2) is 0 Å². The van der Waals surface area contributed by atoms with Gasteiger partial charge >= 0.3 is 0 Å². The average Bonchev–Trinajstić information content (AvgIpc) is 3.10. The number of rotatable bonds is 5. The Hall–Kier alpha value is -1.36. The van der Waals surface area contributed by atoms with Gasteiger partial charge in [-0.25, -0.2) is 0 Å². The van der Waals surface area contributed by atoms with Crippen LogP contribution in [-0.4, -0.2) is 40.7 Å². The van der Waals surface area contributed by atoms with E-state index in [9.17, 15) is 4.79 Å². The van der Waals surface area contributed by atoms with Crippen molar-refractivity contribution >= 4 is 5.91 Å².